The molecular formula is C17H25Cl2N. The Morgan fingerprint density at radius 2 is 1.95 bits per heavy atom. The van der Waals surface area contributed by atoms with E-state index in [9.17, 15) is 0 Å². The van der Waals surface area contributed by atoms with Crippen molar-refractivity contribution in [1.29, 1.82) is 0 Å². The summed E-state index contributed by atoms with van der Waals surface area (Å²) in [5, 5.41) is 5.01. The largest absolute Gasteiger partial charge is 0.314 e. The first-order valence-electron chi connectivity index (χ1n) is 7.87. The molecule has 1 aromatic rings. The Morgan fingerprint density at radius 3 is 2.65 bits per heavy atom. The molecule has 0 aliphatic heterocycles. The molecule has 1 atom stereocenters. The Kier molecular flexibility index (Phi) is 6.67. The van der Waals surface area contributed by atoms with Crippen LogP contribution in [0.5, 0.6) is 0 Å². The molecule has 20 heavy (non-hydrogen) atoms. The quantitative estimate of drug-likeness (QED) is 0.732. The molecule has 1 aliphatic carbocycles. The molecule has 3 heteroatoms. The van der Waals surface area contributed by atoms with E-state index >= 15 is 0 Å². The van der Waals surface area contributed by atoms with Crippen LogP contribution in [0.15, 0.2) is 18.2 Å². The van der Waals surface area contributed by atoms with E-state index in [2.05, 4.69) is 18.3 Å². The second-order valence-corrected chi connectivity index (χ2v) is 6.70. The molecule has 0 spiro atoms. The predicted octanol–water partition coefficient (Wildman–Crippen LogP) is 5.48. The van der Waals surface area contributed by atoms with Crippen molar-refractivity contribution in [3.05, 3.63) is 33.8 Å². The summed E-state index contributed by atoms with van der Waals surface area (Å²) in [5.41, 5.74) is 1.17. The van der Waals surface area contributed by atoms with Crippen molar-refractivity contribution in [2.45, 2.75) is 57.9 Å². The van der Waals surface area contributed by atoms with Crippen LogP contribution in [-0.4, -0.2) is 12.6 Å². The van der Waals surface area contributed by atoms with Crippen LogP contribution < -0.4 is 5.32 Å². The van der Waals surface area contributed by atoms with Crippen LogP contribution in [-0.2, 0) is 6.42 Å². The van der Waals surface area contributed by atoms with Crippen molar-refractivity contribution in [1.82, 2.24) is 5.32 Å². The van der Waals surface area contributed by atoms with Gasteiger partial charge in [-0.15, -0.1) is 0 Å². The molecule has 0 bridgehead atoms. The lowest BCUT2D eigenvalue weighted by atomic mass is 9.83. The van der Waals surface area contributed by atoms with Crippen LogP contribution in [0.25, 0.3) is 0 Å². The van der Waals surface area contributed by atoms with Crippen molar-refractivity contribution in [2.24, 2.45) is 5.92 Å². The lowest BCUT2D eigenvalue weighted by Gasteiger charge is -2.27. The van der Waals surface area contributed by atoms with Gasteiger partial charge < -0.3 is 5.32 Å². The number of benzene rings is 1. The van der Waals surface area contributed by atoms with Crippen molar-refractivity contribution in [2.75, 3.05) is 6.54 Å². The lowest BCUT2D eigenvalue weighted by Crippen LogP contribution is -2.33. The highest BCUT2D eigenvalue weighted by Crippen LogP contribution is 2.30. The van der Waals surface area contributed by atoms with Gasteiger partial charge in [0, 0.05) is 6.04 Å². The second-order valence-electron chi connectivity index (χ2n) is 5.91. The zero-order chi connectivity index (χ0) is 14.4. The van der Waals surface area contributed by atoms with E-state index in [0.717, 1.165) is 23.9 Å². The summed E-state index contributed by atoms with van der Waals surface area (Å²) in [6, 6.07) is 6.46. The number of rotatable bonds is 6. The first-order valence-corrected chi connectivity index (χ1v) is 8.62. The zero-order valence-corrected chi connectivity index (χ0v) is 13.8. The third-order valence-electron chi connectivity index (χ3n) is 4.33. The lowest BCUT2D eigenvalue weighted by molar-refractivity contribution is 0.298. The smallest absolute Gasteiger partial charge is 0.0624 e. The summed E-state index contributed by atoms with van der Waals surface area (Å²) in [7, 11) is 0. The third kappa shape index (κ3) is 4.65. The SMILES string of the molecule is CCNC(Cc1cccc(Cl)c1Cl)CC1CCCCC1. The average molecular weight is 314 g/mol. The van der Waals surface area contributed by atoms with Crippen LogP contribution in [0.3, 0.4) is 0 Å². The van der Waals surface area contributed by atoms with Crippen LogP contribution in [0.1, 0.15) is 51.0 Å². The topological polar surface area (TPSA) is 12.0 Å². The van der Waals surface area contributed by atoms with Crippen molar-refractivity contribution < 1.29 is 0 Å². The Morgan fingerprint density at radius 1 is 1.20 bits per heavy atom. The van der Waals surface area contributed by atoms with Gasteiger partial charge in [0.2, 0.25) is 0 Å². The van der Waals surface area contributed by atoms with E-state index in [1.54, 1.807) is 0 Å². The fourth-order valence-corrected chi connectivity index (χ4v) is 3.72. The Bertz CT molecular complexity index is 413. The molecule has 1 N–H and O–H groups in total. The minimum atomic E-state index is 0.513. The van der Waals surface area contributed by atoms with Gasteiger partial charge in [-0.25, -0.2) is 0 Å². The second kappa shape index (κ2) is 8.26. The van der Waals surface area contributed by atoms with Crippen LogP contribution >= 0.6 is 23.2 Å². The van der Waals surface area contributed by atoms with Gasteiger partial charge in [-0.1, -0.05) is 74.4 Å². The normalized spacial score (nSPS) is 18.1. The number of nitrogens with one attached hydrogen (secondary N) is 1. The number of hydrogen-bond acceptors (Lipinski definition) is 1. The maximum Gasteiger partial charge on any atom is 0.0624 e. The Hall–Kier alpha value is -0.240. The van der Waals surface area contributed by atoms with Gasteiger partial charge >= 0.3 is 0 Å². The summed E-state index contributed by atoms with van der Waals surface area (Å²) in [6.07, 6.45) is 9.25. The van der Waals surface area contributed by atoms with Gasteiger partial charge in [0.05, 0.1) is 10.0 Å². The minimum absolute atomic E-state index is 0.513. The summed E-state index contributed by atoms with van der Waals surface area (Å²) in [5.74, 6) is 0.880. The standard InChI is InChI=1S/C17H25Cl2N/c1-2-20-15(11-13-7-4-3-5-8-13)12-14-9-6-10-16(18)17(14)19/h6,9-10,13,15,20H,2-5,7-8,11-12H2,1H3. The van der Waals surface area contributed by atoms with Gasteiger partial charge in [-0.3, -0.25) is 0 Å². The van der Waals surface area contributed by atoms with Crippen molar-refractivity contribution >= 4 is 23.2 Å². The maximum atomic E-state index is 6.32. The molecule has 1 saturated carbocycles. The molecule has 1 nitrogen and oxygen atoms in total. The zero-order valence-electron chi connectivity index (χ0n) is 12.3. The van der Waals surface area contributed by atoms with Crippen molar-refractivity contribution in [3.8, 4) is 0 Å². The third-order valence-corrected chi connectivity index (χ3v) is 5.19. The van der Waals surface area contributed by atoms with Gasteiger partial charge in [-0.05, 0) is 36.9 Å². The maximum absolute atomic E-state index is 6.32. The molecule has 112 valence electrons. The Balaban J connectivity index is 1.98. The summed E-state index contributed by atoms with van der Waals surface area (Å²) >= 11 is 12.4. The molecular weight excluding hydrogens is 289 g/mol. The summed E-state index contributed by atoms with van der Waals surface area (Å²) < 4.78 is 0. The number of hydrogen-bond donors (Lipinski definition) is 1. The highest BCUT2D eigenvalue weighted by atomic mass is 35.5. The average Bonchev–Trinajstić information content (AvgIpc) is 2.45. The van der Waals surface area contributed by atoms with E-state index < -0.39 is 0 Å². The van der Waals surface area contributed by atoms with Crippen molar-refractivity contribution in [3.63, 3.8) is 0 Å². The Labute approximate surface area is 133 Å². The highest BCUT2D eigenvalue weighted by Gasteiger charge is 2.19. The first-order chi connectivity index (χ1) is 9.70. The van der Waals surface area contributed by atoms with E-state index in [0.29, 0.717) is 11.1 Å². The molecule has 0 amide bonds. The monoisotopic (exact) mass is 313 g/mol. The van der Waals surface area contributed by atoms with Crippen LogP contribution in [0, 0.1) is 5.92 Å². The molecule has 1 aromatic carbocycles. The van der Waals surface area contributed by atoms with Crippen LogP contribution in [0.4, 0.5) is 0 Å². The van der Waals surface area contributed by atoms with E-state index in [1.807, 2.05) is 12.1 Å². The van der Waals surface area contributed by atoms with E-state index in [-0.39, 0.29) is 0 Å². The molecule has 0 heterocycles. The predicted molar refractivity (Wildman–Crippen MR) is 88.8 cm³/mol. The van der Waals surface area contributed by atoms with Gasteiger partial charge in [0.15, 0.2) is 0 Å². The molecule has 2 rings (SSSR count). The minimum Gasteiger partial charge on any atom is -0.314 e. The number of likely N-dealkylation sites (N-methyl/N-ethyl adjacent to an activating group) is 1. The molecule has 0 aromatic heterocycles. The van der Waals surface area contributed by atoms with Gasteiger partial charge in [0.1, 0.15) is 0 Å². The molecule has 1 aliphatic rings. The van der Waals surface area contributed by atoms with Gasteiger partial charge in [0.25, 0.3) is 0 Å². The first kappa shape index (κ1) is 16.1. The van der Waals surface area contributed by atoms with Gasteiger partial charge in [-0.2, -0.15) is 0 Å². The fourth-order valence-electron chi connectivity index (χ4n) is 3.32. The highest BCUT2D eigenvalue weighted by molar-refractivity contribution is 6.42. The van der Waals surface area contributed by atoms with E-state index in [4.69, 9.17) is 23.2 Å². The summed E-state index contributed by atoms with van der Waals surface area (Å²) in [6.45, 7) is 3.18. The number of halogens is 2. The molecule has 1 unspecified atom stereocenters. The van der Waals surface area contributed by atoms with Crippen LogP contribution in [0.2, 0.25) is 10.0 Å². The van der Waals surface area contributed by atoms with E-state index in [1.165, 1.54) is 44.1 Å². The summed E-state index contributed by atoms with van der Waals surface area (Å²) in [4.78, 5) is 0. The molecule has 0 radical (unpaired) electrons. The molecule has 1 fully saturated rings. The fraction of sp³-hybridized carbons (Fsp3) is 0.647. The molecule has 0 saturated heterocycles.